The van der Waals surface area contributed by atoms with Crippen LogP contribution in [0.5, 0.6) is 5.88 Å². The molecule has 0 unspecified atom stereocenters. The van der Waals surface area contributed by atoms with Crippen LogP contribution in [0, 0.1) is 0 Å². The van der Waals surface area contributed by atoms with Crippen LogP contribution >= 0.6 is 0 Å². The van der Waals surface area contributed by atoms with Crippen LogP contribution in [0.3, 0.4) is 0 Å². The molecule has 1 aliphatic rings. The highest BCUT2D eigenvalue weighted by molar-refractivity contribution is 5.90. The van der Waals surface area contributed by atoms with Crippen molar-refractivity contribution >= 4 is 16.9 Å². The number of aromatic nitrogens is 4. The molecule has 1 saturated carbocycles. The molecule has 0 bridgehead atoms. The standard InChI is InChI=1S/C10H13N5O2/c11-8-7-9(13-5-12-8)15(6-1-2-6)14-10(7)17-4-3-16/h5-6,16H,1-4H2,(H2,11,12,13). The van der Waals surface area contributed by atoms with Gasteiger partial charge in [-0.15, -0.1) is 5.10 Å². The largest absolute Gasteiger partial charge is 0.474 e. The Bertz CT molecular complexity index is 549. The Morgan fingerprint density at radius 2 is 2.29 bits per heavy atom. The third-order valence-corrected chi connectivity index (χ3v) is 2.71. The normalized spacial score (nSPS) is 15.4. The zero-order valence-corrected chi connectivity index (χ0v) is 9.20. The van der Waals surface area contributed by atoms with Crippen molar-refractivity contribution in [2.45, 2.75) is 18.9 Å². The Labute approximate surface area is 97.2 Å². The van der Waals surface area contributed by atoms with Gasteiger partial charge in [-0.1, -0.05) is 0 Å². The van der Waals surface area contributed by atoms with Crippen LogP contribution in [0.15, 0.2) is 6.33 Å². The van der Waals surface area contributed by atoms with Crippen molar-refractivity contribution in [3.63, 3.8) is 0 Å². The van der Waals surface area contributed by atoms with E-state index in [2.05, 4.69) is 15.1 Å². The molecule has 0 amide bonds. The molecule has 17 heavy (non-hydrogen) atoms. The first kappa shape index (κ1) is 10.3. The number of aliphatic hydroxyl groups excluding tert-OH is 1. The number of nitrogens with zero attached hydrogens (tertiary/aromatic N) is 4. The second-order valence-electron chi connectivity index (χ2n) is 4.01. The molecule has 3 N–H and O–H groups in total. The number of ether oxygens (including phenoxy) is 1. The maximum atomic E-state index is 8.78. The SMILES string of the molecule is Nc1ncnc2c1c(OCCO)nn2C1CC1. The van der Waals surface area contributed by atoms with E-state index in [-0.39, 0.29) is 13.2 Å². The molecule has 90 valence electrons. The quantitative estimate of drug-likeness (QED) is 0.780. The van der Waals surface area contributed by atoms with Crippen LogP contribution in [0.1, 0.15) is 18.9 Å². The number of hydrogen-bond acceptors (Lipinski definition) is 6. The van der Waals surface area contributed by atoms with E-state index in [0.29, 0.717) is 28.8 Å². The first-order chi connectivity index (χ1) is 8.31. The summed E-state index contributed by atoms with van der Waals surface area (Å²) in [6.07, 6.45) is 3.62. The zero-order chi connectivity index (χ0) is 11.8. The summed E-state index contributed by atoms with van der Waals surface area (Å²) in [5.74, 6) is 0.758. The number of rotatable bonds is 4. The van der Waals surface area contributed by atoms with Crippen molar-refractivity contribution < 1.29 is 9.84 Å². The highest BCUT2D eigenvalue weighted by Crippen LogP contribution is 2.39. The van der Waals surface area contributed by atoms with Crippen molar-refractivity contribution in [3.8, 4) is 5.88 Å². The predicted octanol–water partition coefficient (Wildman–Crippen LogP) is 0.114. The van der Waals surface area contributed by atoms with E-state index in [0.717, 1.165) is 12.8 Å². The maximum Gasteiger partial charge on any atom is 0.246 e. The Balaban J connectivity index is 2.13. The highest BCUT2D eigenvalue weighted by Gasteiger charge is 2.29. The van der Waals surface area contributed by atoms with Crippen molar-refractivity contribution in [1.82, 2.24) is 19.7 Å². The van der Waals surface area contributed by atoms with Crippen LogP contribution in [0.4, 0.5) is 5.82 Å². The molecule has 0 saturated heterocycles. The van der Waals surface area contributed by atoms with E-state index in [1.807, 2.05) is 4.68 Å². The van der Waals surface area contributed by atoms with Gasteiger partial charge in [0.05, 0.1) is 12.6 Å². The molecule has 7 heteroatoms. The third-order valence-electron chi connectivity index (χ3n) is 2.71. The van der Waals surface area contributed by atoms with Crippen molar-refractivity contribution in [1.29, 1.82) is 0 Å². The van der Waals surface area contributed by atoms with E-state index in [9.17, 15) is 0 Å². The summed E-state index contributed by atoms with van der Waals surface area (Å²) in [6.45, 7) is 0.122. The number of fused-ring (bicyclic) bond motifs is 1. The second-order valence-corrected chi connectivity index (χ2v) is 4.01. The lowest BCUT2D eigenvalue weighted by atomic mass is 10.4. The van der Waals surface area contributed by atoms with Crippen molar-refractivity contribution in [2.75, 3.05) is 18.9 Å². The zero-order valence-electron chi connectivity index (χ0n) is 9.20. The maximum absolute atomic E-state index is 8.78. The molecule has 0 atom stereocenters. The summed E-state index contributed by atoms with van der Waals surface area (Å²) in [5, 5.41) is 13.8. The summed E-state index contributed by atoms with van der Waals surface area (Å²) in [4.78, 5) is 8.14. The van der Waals surface area contributed by atoms with Gasteiger partial charge < -0.3 is 15.6 Å². The Morgan fingerprint density at radius 3 is 3.00 bits per heavy atom. The van der Waals surface area contributed by atoms with Gasteiger partial charge in [-0.3, -0.25) is 0 Å². The van der Waals surface area contributed by atoms with Crippen molar-refractivity contribution in [3.05, 3.63) is 6.33 Å². The molecule has 7 nitrogen and oxygen atoms in total. The Morgan fingerprint density at radius 1 is 1.47 bits per heavy atom. The van der Waals surface area contributed by atoms with E-state index in [4.69, 9.17) is 15.6 Å². The van der Waals surface area contributed by atoms with E-state index in [1.165, 1.54) is 6.33 Å². The molecule has 0 aliphatic heterocycles. The van der Waals surface area contributed by atoms with Gasteiger partial charge in [-0.2, -0.15) is 0 Å². The van der Waals surface area contributed by atoms with E-state index < -0.39 is 0 Å². The lowest BCUT2D eigenvalue weighted by Crippen LogP contribution is -2.03. The van der Waals surface area contributed by atoms with Gasteiger partial charge in [0.1, 0.15) is 24.1 Å². The summed E-state index contributed by atoms with van der Waals surface area (Å²) in [7, 11) is 0. The molecule has 2 aromatic rings. The van der Waals surface area contributed by atoms with Crippen LogP contribution in [-0.2, 0) is 0 Å². The molecule has 0 radical (unpaired) electrons. The smallest absolute Gasteiger partial charge is 0.246 e. The molecule has 1 fully saturated rings. The molecule has 2 aromatic heterocycles. The number of nitrogen functional groups attached to an aromatic ring is 1. The van der Waals surface area contributed by atoms with Gasteiger partial charge in [0.25, 0.3) is 0 Å². The fourth-order valence-electron chi connectivity index (χ4n) is 1.78. The fourth-order valence-corrected chi connectivity index (χ4v) is 1.78. The summed E-state index contributed by atoms with van der Waals surface area (Å²) in [5.41, 5.74) is 6.52. The van der Waals surface area contributed by atoms with Crippen LogP contribution in [0.25, 0.3) is 11.0 Å². The molecular weight excluding hydrogens is 222 g/mol. The molecule has 0 aromatic carbocycles. The monoisotopic (exact) mass is 235 g/mol. The van der Waals surface area contributed by atoms with Crippen LogP contribution in [0.2, 0.25) is 0 Å². The first-order valence-electron chi connectivity index (χ1n) is 5.53. The number of hydrogen-bond donors (Lipinski definition) is 2. The minimum atomic E-state index is -0.0641. The number of aliphatic hydroxyl groups is 1. The third kappa shape index (κ3) is 1.68. The Hall–Kier alpha value is -1.89. The number of anilines is 1. The van der Waals surface area contributed by atoms with Gasteiger partial charge in [0.15, 0.2) is 5.65 Å². The lowest BCUT2D eigenvalue weighted by Gasteiger charge is -2.00. The molecule has 2 heterocycles. The highest BCUT2D eigenvalue weighted by atomic mass is 16.5. The predicted molar refractivity (Wildman–Crippen MR) is 60.6 cm³/mol. The van der Waals surface area contributed by atoms with Gasteiger partial charge in [0, 0.05) is 0 Å². The second kappa shape index (κ2) is 3.85. The topological polar surface area (TPSA) is 99.1 Å². The summed E-state index contributed by atoms with van der Waals surface area (Å²) in [6, 6.07) is 0.387. The molecule has 1 aliphatic carbocycles. The minimum Gasteiger partial charge on any atom is -0.474 e. The van der Waals surface area contributed by atoms with Gasteiger partial charge in [0.2, 0.25) is 5.88 Å². The fraction of sp³-hybridized carbons (Fsp3) is 0.500. The van der Waals surface area contributed by atoms with Gasteiger partial charge in [-0.25, -0.2) is 14.6 Å². The summed E-state index contributed by atoms with van der Waals surface area (Å²) < 4.78 is 7.20. The van der Waals surface area contributed by atoms with Crippen molar-refractivity contribution in [2.24, 2.45) is 0 Å². The average Bonchev–Trinajstić information content (AvgIpc) is 3.10. The van der Waals surface area contributed by atoms with Gasteiger partial charge >= 0.3 is 0 Å². The molecule has 0 spiro atoms. The van der Waals surface area contributed by atoms with E-state index in [1.54, 1.807) is 0 Å². The Kier molecular flexibility index (Phi) is 2.32. The lowest BCUT2D eigenvalue weighted by molar-refractivity contribution is 0.197. The minimum absolute atomic E-state index is 0.0641. The van der Waals surface area contributed by atoms with Gasteiger partial charge in [-0.05, 0) is 12.8 Å². The molecule has 3 rings (SSSR count). The van der Waals surface area contributed by atoms with E-state index >= 15 is 0 Å². The van der Waals surface area contributed by atoms with Crippen LogP contribution in [-0.4, -0.2) is 38.1 Å². The van der Waals surface area contributed by atoms with Crippen LogP contribution < -0.4 is 10.5 Å². The average molecular weight is 235 g/mol. The summed E-state index contributed by atoms with van der Waals surface area (Å²) >= 11 is 0. The number of nitrogens with two attached hydrogens (primary N) is 1. The molecular formula is C10H13N5O2. The first-order valence-corrected chi connectivity index (χ1v) is 5.53.